The van der Waals surface area contributed by atoms with Gasteiger partial charge in [0.15, 0.2) is 0 Å². The van der Waals surface area contributed by atoms with E-state index in [-0.39, 0.29) is 11.9 Å². The zero-order valence-corrected chi connectivity index (χ0v) is 15.4. The summed E-state index contributed by atoms with van der Waals surface area (Å²) in [5.41, 5.74) is 5.41. The first-order valence-corrected chi connectivity index (χ1v) is 9.03. The van der Waals surface area contributed by atoms with Crippen LogP contribution in [0, 0.1) is 13.8 Å². The number of aromatic nitrogens is 3. The van der Waals surface area contributed by atoms with Gasteiger partial charge in [0.1, 0.15) is 6.33 Å². The Kier molecular flexibility index (Phi) is 4.15. The minimum atomic E-state index is 0.0868. The molecule has 1 fully saturated rings. The van der Waals surface area contributed by atoms with Crippen LogP contribution in [-0.2, 0) is 0 Å². The normalized spacial score (nSPS) is 17.0. The summed E-state index contributed by atoms with van der Waals surface area (Å²) < 4.78 is 0. The highest BCUT2D eigenvalue weighted by Gasteiger charge is 2.28. The average molecular weight is 346 g/mol. The van der Waals surface area contributed by atoms with E-state index in [1.165, 1.54) is 11.9 Å². The molecule has 4 rings (SSSR count). The lowest BCUT2D eigenvalue weighted by atomic mass is 9.99. The summed E-state index contributed by atoms with van der Waals surface area (Å²) in [6, 6.07) is 6.25. The molecule has 132 valence electrons. The third-order valence-electron chi connectivity index (χ3n) is 5.41. The minimum Gasteiger partial charge on any atom is -0.336 e. The monoisotopic (exact) mass is 346 g/mol. The maximum atomic E-state index is 13.3. The predicted octanol–water partition coefficient (Wildman–Crippen LogP) is 3.93. The van der Waals surface area contributed by atoms with Gasteiger partial charge in [0, 0.05) is 35.9 Å². The average Bonchev–Trinajstić information content (AvgIpc) is 3.10. The summed E-state index contributed by atoms with van der Waals surface area (Å²) in [5, 5.41) is 0.915. The molecule has 5 nitrogen and oxygen atoms in total. The van der Waals surface area contributed by atoms with Gasteiger partial charge in [-0.3, -0.25) is 4.79 Å². The molecule has 2 aromatic heterocycles. The first kappa shape index (κ1) is 16.6. The van der Waals surface area contributed by atoms with Gasteiger partial charge in [0.05, 0.1) is 16.8 Å². The molecule has 1 amide bonds. The van der Waals surface area contributed by atoms with E-state index in [1.54, 1.807) is 12.4 Å². The Morgan fingerprint density at radius 2 is 1.96 bits per heavy atom. The van der Waals surface area contributed by atoms with Crippen molar-refractivity contribution in [1.82, 2.24) is 19.9 Å². The SMILES string of the molecule is Cc1ccc2c(C(=O)N3CCCC3C)cc(-c3cncnc3)nc2c1C. The van der Waals surface area contributed by atoms with Crippen LogP contribution in [-0.4, -0.2) is 38.3 Å². The van der Waals surface area contributed by atoms with E-state index < -0.39 is 0 Å². The molecule has 0 N–H and O–H groups in total. The fourth-order valence-electron chi connectivity index (χ4n) is 3.68. The van der Waals surface area contributed by atoms with Crippen LogP contribution in [0.25, 0.3) is 22.2 Å². The number of aryl methyl sites for hydroxylation is 2. The van der Waals surface area contributed by atoms with Gasteiger partial charge in [-0.25, -0.2) is 15.0 Å². The molecular formula is C21H22N4O. The lowest BCUT2D eigenvalue weighted by Crippen LogP contribution is -2.33. The molecule has 1 aromatic carbocycles. The van der Waals surface area contributed by atoms with Crippen molar-refractivity contribution in [3.8, 4) is 11.3 Å². The standard InChI is InChI=1S/C21H22N4O/c1-13-6-7-17-18(21(26)25-8-4-5-14(25)2)9-19(24-20(17)15(13)3)16-10-22-12-23-11-16/h6-7,9-12,14H,4-5,8H2,1-3H3. The lowest BCUT2D eigenvalue weighted by molar-refractivity contribution is 0.0749. The van der Waals surface area contributed by atoms with Gasteiger partial charge < -0.3 is 4.90 Å². The zero-order chi connectivity index (χ0) is 18.3. The lowest BCUT2D eigenvalue weighted by Gasteiger charge is -2.23. The molecule has 0 saturated carbocycles. The Labute approximate surface area is 153 Å². The molecule has 1 aliphatic heterocycles. The maximum Gasteiger partial charge on any atom is 0.254 e. The Hall–Kier alpha value is -2.82. The number of hydrogen-bond donors (Lipinski definition) is 0. The molecular weight excluding hydrogens is 324 g/mol. The number of fused-ring (bicyclic) bond motifs is 1. The van der Waals surface area contributed by atoms with Crippen LogP contribution in [0.15, 0.2) is 36.9 Å². The molecule has 3 heterocycles. The highest BCUT2D eigenvalue weighted by atomic mass is 16.2. The minimum absolute atomic E-state index is 0.0868. The predicted molar refractivity (Wildman–Crippen MR) is 102 cm³/mol. The van der Waals surface area contributed by atoms with E-state index in [2.05, 4.69) is 36.8 Å². The molecule has 3 aromatic rings. The molecule has 0 aliphatic carbocycles. The van der Waals surface area contributed by atoms with Crippen molar-refractivity contribution in [2.75, 3.05) is 6.54 Å². The van der Waals surface area contributed by atoms with Gasteiger partial charge in [-0.05, 0) is 50.8 Å². The van der Waals surface area contributed by atoms with Gasteiger partial charge in [-0.15, -0.1) is 0 Å². The van der Waals surface area contributed by atoms with Crippen LogP contribution >= 0.6 is 0 Å². The fourth-order valence-corrected chi connectivity index (χ4v) is 3.68. The van der Waals surface area contributed by atoms with Gasteiger partial charge in [-0.1, -0.05) is 12.1 Å². The van der Waals surface area contributed by atoms with Crippen LogP contribution in [0.2, 0.25) is 0 Å². The van der Waals surface area contributed by atoms with E-state index in [0.717, 1.165) is 47.1 Å². The summed E-state index contributed by atoms with van der Waals surface area (Å²) in [6.07, 6.45) is 7.09. The number of nitrogens with zero attached hydrogens (tertiary/aromatic N) is 4. The van der Waals surface area contributed by atoms with Gasteiger partial charge in [-0.2, -0.15) is 0 Å². The Balaban J connectivity index is 1.95. The molecule has 1 saturated heterocycles. The van der Waals surface area contributed by atoms with Crippen LogP contribution < -0.4 is 0 Å². The van der Waals surface area contributed by atoms with Crippen LogP contribution in [0.4, 0.5) is 0 Å². The Morgan fingerprint density at radius 3 is 2.65 bits per heavy atom. The first-order valence-electron chi connectivity index (χ1n) is 9.03. The molecule has 0 radical (unpaired) electrons. The number of carbonyl (C=O) groups is 1. The molecule has 0 spiro atoms. The molecule has 5 heteroatoms. The zero-order valence-electron chi connectivity index (χ0n) is 15.4. The van der Waals surface area contributed by atoms with Gasteiger partial charge in [0.25, 0.3) is 5.91 Å². The second-order valence-electron chi connectivity index (χ2n) is 7.08. The molecule has 1 atom stereocenters. The third-order valence-corrected chi connectivity index (χ3v) is 5.41. The largest absolute Gasteiger partial charge is 0.336 e. The quantitative estimate of drug-likeness (QED) is 0.705. The van der Waals surface area contributed by atoms with E-state index in [0.29, 0.717) is 5.56 Å². The van der Waals surface area contributed by atoms with Gasteiger partial charge >= 0.3 is 0 Å². The molecule has 1 aliphatic rings. The van der Waals surface area contributed by atoms with Crippen molar-refractivity contribution >= 4 is 16.8 Å². The summed E-state index contributed by atoms with van der Waals surface area (Å²) in [6.45, 7) is 7.07. The number of hydrogen-bond acceptors (Lipinski definition) is 4. The van der Waals surface area contributed by atoms with Crippen molar-refractivity contribution in [3.05, 3.63) is 53.6 Å². The number of benzene rings is 1. The fraction of sp³-hybridized carbons (Fsp3) is 0.333. The Bertz CT molecular complexity index is 984. The Morgan fingerprint density at radius 1 is 1.19 bits per heavy atom. The number of rotatable bonds is 2. The summed E-state index contributed by atoms with van der Waals surface area (Å²) >= 11 is 0. The topological polar surface area (TPSA) is 59.0 Å². The van der Waals surface area contributed by atoms with E-state index in [9.17, 15) is 4.79 Å². The second-order valence-corrected chi connectivity index (χ2v) is 7.08. The van der Waals surface area contributed by atoms with Gasteiger partial charge in [0.2, 0.25) is 0 Å². The maximum absolute atomic E-state index is 13.3. The van der Waals surface area contributed by atoms with Crippen molar-refractivity contribution < 1.29 is 4.79 Å². The van der Waals surface area contributed by atoms with Crippen molar-refractivity contribution in [2.45, 2.75) is 39.7 Å². The van der Waals surface area contributed by atoms with Crippen LogP contribution in [0.1, 0.15) is 41.3 Å². The first-order chi connectivity index (χ1) is 12.6. The number of amides is 1. The smallest absolute Gasteiger partial charge is 0.254 e. The van der Waals surface area contributed by atoms with E-state index in [1.807, 2.05) is 17.0 Å². The molecule has 0 bridgehead atoms. The van der Waals surface area contributed by atoms with Crippen LogP contribution in [0.3, 0.4) is 0 Å². The van der Waals surface area contributed by atoms with E-state index in [4.69, 9.17) is 4.98 Å². The molecule has 26 heavy (non-hydrogen) atoms. The number of likely N-dealkylation sites (tertiary alicyclic amines) is 1. The van der Waals surface area contributed by atoms with Crippen molar-refractivity contribution in [1.29, 1.82) is 0 Å². The second kappa shape index (κ2) is 6.48. The summed E-state index contributed by atoms with van der Waals surface area (Å²) in [4.78, 5) is 28.3. The van der Waals surface area contributed by atoms with E-state index >= 15 is 0 Å². The highest BCUT2D eigenvalue weighted by molar-refractivity contribution is 6.08. The molecule has 1 unspecified atom stereocenters. The highest BCUT2D eigenvalue weighted by Crippen LogP contribution is 2.30. The van der Waals surface area contributed by atoms with Crippen molar-refractivity contribution in [3.63, 3.8) is 0 Å². The van der Waals surface area contributed by atoms with Crippen molar-refractivity contribution in [2.24, 2.45) is 0 Å². The summed E-state index contributed by atoms with van der Waals surface area (Å²) in [7, 11) is 0. The third kappa shape index (κ3) is 2.73. The summed E-state index contributed by atoms with van der Waals surface area (Å²) in [5.74, 6) is 0.0868. The number of pyridine rings is 1. The number of carbonyl (C=O) groups excluding carboxylic acids is 1. The van der Waals surface area contributed by atoms with Crippen LogP contribution in [0.5, 0.6) is 0 Å².